The second-order valence-corrected chi connectivity index (χ2v) is 4.22. The quantitative estimate of drug-likeness (QED) is 0.825. The molecule has 2 aromatic carbocycles. The molecule has 2 nitrogen and oxygen atoms in total. The van der Waals surface area contributed by atoms with Crippen LogP contribution in [0, 0.1) is 18.6 Å². The maximum atomic E-state index is 13.1. The highest BCUT2D eigenvalue weighted by Gasteiger charge is 2.10. The van der Waals surface area contributed by atoms with Crippen molar-refractivity contribution in [2.24, 2.45) is 0 Å². The van der Waals surface area contributed by atoms with Gasteiger partial charge in [0.2, 0.25) is 0 Å². The Morgan fingerprint density at radius 3 is 2.56 bits per heavy atom. The molecule has 0 amide bonds. The van der Waals surface area contributed by atoms with Crippen molar-refractivity contribution in [2.75, 3.05) is 5.73 Å². The Labute approximate surface area is 108 Å². The van der Waals surface area contributed by atoms with Crippen molar-refractivity contribution in [1.82, 2.24) is 0 Å². The summed E-state index contributed by atoms with van der Waals surface area (Å²) in [5.74, 6) is -0.556. The maximum Gasteiger partial charge on any atom is 0.152 e. The summed E-state index contributed by atoms with van der Waals surface area (Å²) in [6.45, 7) is 1.76. The molecular weight excluding hydrogens is 260 g/mol. The molecule has 2 N–H and O–H groups in total. The van der Waals surface area contributed by atoms with Crippen LogP contribution in [0.25, 0.3) is 0 Å². The molecule has 2 rings (SSSR count). The van der Waals surface area contributed by atoms with Gasteiger partial charge in [0.25, 0.3) is 0 Å². The predicted octanol–water partition coefficient (Wildman–Crippen LogP) is 4.30. The largest absolute Gasteiger partial charge is 0.455 e. The van der Waals surface area contributed by atoms with Gasteiger partial charge in [0.05, 0.1) is 10.7 Å². The van der Waals surface area contributed by atoms with Crippen molar-refractivity contribution in [1.29, 1.82) is 0 Å². The van der Waals surface area contributed by atoms with E-state index in [-0.39, 0.29) is 16.5 Å². The number of benzene rings is 2. The van der Waals surface area contributed by atoms with Crippen molar-refractivity contribution in [2.45, 2.75) is 6.92 Å². The molecule has 0 atom stereocenters. The van der Waals surface area contributed by atoms with Gasteiger partial charge >= 0.3 is 0 Å². The minimum atomic E-state index is -0.627. The number of ether oxygens (including phenoxy) is 1. The monoisotopic (exact) mass is 269 g/mol. The molecule has 0 fully saturated rings. The Kier molecular flexibility index (Phi) is 3.39. The first-order valence-electron chi connectivity index (χ1n) is 5.16. The summed E-state index contributed by atoms with van der Waals surface area (Å²) >= 11 is 5.64. The van der Waals surface area contributed by atoms with E-state index in [0.717, 1.165) is 11.6 Å². The third-order valence-corrected chi connectivity index (χ3v) is 2.71. The van der Waals surface area contributed by atoms with E-state index in [0.29, 0.717) is 5.75 Å². The smallest absolute Gasteiger partial charge is 0.152 e. The summed E-state index contributed by atoms with van der Waals surface area (Å²) in [5.41, 5.74) is 6.44. The lowest BCUT2D eigenvalue weighted by Crippen LogP contribution is -1.95. The first kappa shape index (κ1) is 12.6. The highest BCUT2D eigenvalue weighted by molar-refractivity contribution is 6.31. The van der Waals surface area contributed by atoms with Crippen LogP contribution in [0.15, 0.2) is 30.3 Å². The number of anilines is 1. The molecular formula is C13H10ClF2NO. The normalized spacial score (nSPS) is 10.4. The van der Waals surface area contributed by atoms with Crippen molar-refractivity contribution in [3.8, 4) is 11.5 Å². The predicted molar refractivity (Wildman–Crippen MR) is 67.0 cm³/mol. The number of hydrogen-bond donors (Lipinski definition) is 1. The van der Waals surface area contributed by atoms with E-state index in [9.17, 15) is 8.78 Å². The molecule has 18 heavy (non-hydrogen) atoms. The Morgan fingerprint density at radius 2 is 1.83 bits per heavy atom. The van der Waals surface area contributed by atoms with Crippen LogP contribution in [0.3, 0.4) is 0 Å². The minimum Gasteiger partial charge on any atom is -0.455 e. The Morgan fingerprint density at radius 1 is 1.11 bits per heavy atom. The van der Waals surface area contributed by atoms with Gasteiger partial charge in [-0.15, -0.1) is 0 Å². The van der Waals surface area contributed by atoms with Gasteiger partial charge in [-0.3, -0.25) is 0 Å². The minimum absolute atomic E-state index is 0.0977. The maximum absolute atomic E-state index is 13.1. The van der Waals surface area contributed by atoms with Gasteiger partial charge in [0.1, 0.15) is 17.4 Å². The summed E-state index contributed by atoms with van der Waals surface area (Å²) in [6, 6.07) is 6.45. The molecule has 0 unspecified atom stereocenters. The summed E-state index contributed by atoms with van der Waals surface area (Å²) in [5, 5.41) is -0.103. The SMILES string of the molecule is Cc1ccc(F)cc1Oc1cc(Cl)c(F)cc1N. The van der Waals surface area contributed by atoms with Crippen molar-refractivity contribution >= 4 is 17.3 Å². The highest BCUT2D eigenvalue weighted by Crippen LogP contribution is 2.33. The summed E-state index contributed by atoms with van der Waals surface area (Å²) < 4.78 is 31.7. The number of rotatable bonds is 2. The molecule has 0 aromatic heterocycles. The van der Waals surface area contributed by atoms with E-state index < -0.39 is 11.6 Å². The van der Waals surface area contributed by atoms with Gasteiger partial charge in [-0.1, -0.05) is 17.7 Å². The Bertz CT molecular complexity index is 602. The molecule has 0 spiro atoms. The number of nitrogen functional groups attached to an aromatic ring is 1. The fraction of sp³-hybridized carbons (Fsp3) is 0.0769. The van der Waals surface area contributed by atoms with Crippen LogP contribution >= 0.6 is 11.6 Å². The lowest BCUT2D eigenvalue weighted by molar-refractivity contribution is 0.473. The molecule has 2 aromatic rings. The van der Waals surface area contributed by atoms with Crippen LogP contribution in [-0.4, -0.2) is 0 Å². The second kappa shape index (κ2) is 4.82. The molecule has 0 saturated heterocycles. The van der Waals surface area contributed by atoms with Crippen LogP contribution in [0.5, 0.6) is 11.5 Å². The van der Waals surface area contributed by atoms with E-state index in [4.69, 9.17) is 22.1 Å². The first-order chi connectivity index (χ1) is 8.47. The summed E-state index contributed by atoms with van der Waals surface area (Å²) in [4.78, 5) is 0. The Balaban J connectivity index is 2.40. The third kappa shape index (κ3) is 2.54. The van der Waals surface area contributed by atoms with E-state index in [2.05, 4.69) is 0 Å². The van der Waals surface area contributed by atoms with Gasteiger partial charge in [-0.05, 0) is 18.6 Å². The molecule has 0 radical (unpaired) electrons. The molecule has 0 aliphatic carbocycles. The first-order valence-corrected chi connectivity index (χ1v) is 5.53. The average Bonchev–Trinajstić information content (AvgIpc) is 2.30. The van der Waals surface area contributed by atoms with E-state index >= 15 is 0 Å². The molecule has 0 aliphatic heterocycles. The van der Waals surface area contributed by atoms with Crippen molar-refractivity contribution < 1.29 is 13.5 Å². The number of aryl methyl sites for hydroxylation is 1. The molecule has 0 aliphatic rings. The zero-order valence-corrected chi connectivity index (χ0v) is 10.3. The van der Waals surface area contributed by atoms with E-state index in [1.807, 2.05) is 0 Å². The summed E-state index contributed by atoms with van der Waals surface area (Å²) in [7, 11) is 0. The van der Waals surface area contributed by atoms with Gasteiger partial charge in [0.15, 0.2) is 5.75 Å². The van der Waals surface area contributed by atoms with Gasteiger partial charge in [-0.2, -0.15) is 0 Å². The topological polar surface area (TPSA) is 35.2 Å². The molecule has 0 bridgehead atoms. The van der Waals surface area contributed by atoms with Gasteiger partial charge in [0, 0.05) is 18.2 Å². The molecule has 94 valence electrons. The van der Waals surface area contributed by atoms with Gasteiger partial charge in [-0.25, -0.2) is 8.78 Å². The molecule has 5 heteroatoms. The highest BCUT2D eigenvalue weighted by atomic mass is 35.5. The zero-order valence-electron chi connectivity index (χ0n) is 9.51. The van der Waals surface area contributed by atoms with Crippen LogP contribution in [0.1, 0.15) is 5.56 Å². The Hall–Kier alpha value is -1.81. The lowest BCUT2D eigenvalue weighted by Gasteiger charge is -2.11. The van der Waals surface area contributed by atoms with Crippen molar-refractivity contribution in [3.05, 3.63) is 52.6 Å². The van der Waals surface area contributed by atoms with E-state index in [1.54, 1.807) is 13.0 Å². The van der Waals surface area contributed by atoms with Gasteiger partial charge < -0.3 is 10.5 Å². The lowest BCUT2D eigenvalue weighted by atomic mass is 10.2. The van der Waals surface area contributed by atoms with Crippen LogP contribution in [0.2, 0.25) is 5.02 Å². The second-order valence-electron chi connectivity index (χ2n) is 3.82. The van der Waals surface area contributed by atoms with Crippen LogP contribution < -0.4 is 10.5 Å². The third-order valence-electron chi connectivity index (χ3n) is 2.42. The van der Waals surface area contributed by atoms with E-state index in [1.165, 1.54) is 18.2 Å². The van der Waals surface area contributed by atoms with Crippen LogP contribution in [0.4, 0.5) is 14.5 Å². The molecule has 0 saturated carbocycles. The number of hydrogen-bond acceptors (Lipinski definition) is 2. The fourth-order valence-corrected chi connectivity index (χ4v) is 1.59. The summed E-state index contributed by atoms with van der Waals surface area (Å²) in [6.07, 6.45) is 0. The average molecular weight is 270 g/mol. The molecule has 0 heterocycles. The fourth-order valence-electron chi connectivity index (χ4n) is 1.43. The standard InChI is InChI=1S/C13H10ClF2NO/c1-7-2-3-8(15)4-12(7)18-13-5-9(14)10(16)6-11(13)17/h2-6H,17H2,1H3. The number of halogens is 3. The zero-order chi connectivity index (χ0) is 13.3. The number of nitrogens with two attached hydrogens (primary N) is 1. The van der Waals surface area contributed by atoms with Crippen molar-refractivity contribution in [3.63, 3.8) is 0 Å². The van der Waals surface area contributed by atoms with Crippen LogP contribution in [-0.2, 0) is 0 Å².